The molecule has 0 amide bonds. The minimum atomic E-state index is -0.213. The number of aromatic nitrogens is 1. The molecule has 0 aliphatic rings. The smallest absolute Gasteiger partial charge is 0.319 e. The average molecular weight is 296 g/mol. The number of ether oxygens (including phenoxy) is 1. The zero-order valence-corrected chi connectivity index (χ0v) is 12.6. The molecule has 0 unspecified atom stereocenters. The molecule has 0 bridgehead atoms. The number of hydrogen-bond donors (Lipinski definition) is 0. The van der Waals surface area contributed by atoms with E-state index in [1.165, 1.54) is 7.11 Å². The molecule has 2 aromatic heterocycles. The normalized spacial score (nSPS) is 10.9. The van der Waals surface area contributed by atoms with E-state index in [0.29, 0.717) is 13.1 Å². The van der Waals surface area contributed by atoms with Crippen LogP contribution in [0.3, 0.4) is 0 Å². The minimum Gasteiger partial charge on any atom is -0.468 e. The van der Waals surface area contributed by atoms with Gasteiger partial charge >= 0.3 is 5.97 Å². The lowest BCUT2D eigenvalue weighted by Gasteiger charge is -2.17. The number of nitrogens with zero attached hydrogens (tertiary/aromatic N) is 2. The number of carbonyl (C=O) groups is 1. The lowest BCUT2D eigenvalue weighted by Crippen LogP contribution is -2.30. The second kappa shape index (κ2) is 6.79. The Morgan fingerprint density at radius 1 is 1.47 bits per heavy atom. The van der Waals surface area contributed by atoms with Gasteiger partial charge in [0.15, 0.2) is 0 Å². The van der Waals surface area contributed by atoms with Gasteiger partial charge in [-0.1, -0.05) is 6.92 Å². The van der Waals surface area contributed by atoms with Crippen LogP contribution in [0.2, 0.25) is 0 Å². The van der Waals surface area contributed by atoms with E-state index in [1.54, 1.807) is 22.7 Å². The SMILES string of the molecule is CCN(CC(=O)OC)Cc1csc(-c2ccsc2)n1. The predicted octanol–water partition coefficient (Wildman–Crippen LogP) is 2.87. The molecule has 102 valence electrons. The van der Waals surface area contributed by atoms with Crippen LogP contribution < -0.4 is 0 Å². The number of rotatable bonds is 6. The maximum absolute atomic E-state index is 11.3. The fourth-order valence-corrected chi connectivity index (χ4v) is 3.18. The van der Waals surface area contributed by atoms with Crippen LogP contribution in [-0.4, -0.2) is 36.1 Å². The van der Waals surface area contributed by atoms with Gasteiger partial charge in [0.1, 0.15) is 5.01 Å². The van der Waals surface area contributed by atoms with E-state index in [2.05, 4.69) is 21.2 Å². The maximum atomic E-state index is 11.3. The molecule has 0 spiro atoms. The summed E-state index contributed by atoms with van der Waals surface area (Å²) in [5.74, 6) is -0.213. The quantitative estimate of drug-likeness (QED) is 0.769. The van der Waals surface area contributed by atoms with Gasteiger partial charge in [0.25, 0.3) is 0 Å². The fourth-order valence-electron chi connectivity index (χ4n) is 1.65. The molecule has 0 saturated heterocycles. The van der Waals surface area contributed by atoms with Crippen LogP contribution in [0.1, 0.15) is 12.6 Å². The Hall–Kier alpha value is -1.24. The van der Waals surface area contributed by atoms with Crippen LogP contribution in [0.15, 0.2) is 22.2 Å². The average Bonchev–Trinajstić information content (AvgIpc) is 3.08. The summed E-state index contributed by atoms with van der Waals surface area (Å²) in [4.78, 5) is 17.9. The first-order valence-corrected chi connectivity index (χ1v) is 7.81. The molecule has 0 atom stereocenters. The highest BCUT2D eigenvalue weighted by atomic mass is 32.1. The van der Waals surface area contributed by atoms with Crippen molar-refractivity contribution in [1.29, 1.82) is 0 Å². The van der Waals surface area contributed by atoms with Crippen molar-refractivity contribution in [2.45, 2.75) is 13.5 Å². The summed E-state index contributed by atoms with van der Waals surface area (Å²) < 4.78 is 4.69. The molecule has 2 aromatic rings. The van der Waals surface area contributed by atoms with Crippen LogP contribution >= 0.6 is 22.7 Å². The minimum absolute atomic E-state index is 0.213. The largest absolute Gasteiger partial charge is 0.468 e. The summed E-state index contributed by atoms with van der Waals surface area (Å²) >= 11 is 3.31. The lowest BCUT2D eigenvalue weighted by molar-refractivity contribution is -0.142. The molecule has 0 saturated carbocycles. The molecular formula is C13H16N2O2S2. The standard InChI is InChI=1S/C13H16N2O2S2/c1-3-15(7-12(16)17-2)6-11-9-19-13(14-11)10-4-5-18-8-10/h4-5,8-9H,3,6-7H2,1-2H3. The first kappa shape index (κ1) is 14.2. The van der Waals surface area contributed by atoms with E-state index in [4.69, 9.17) is 0 Å². The van der Waals surface area contributed by atoms with Crippen molar-refractivity contribution < 1.29 is 9.53 Å². The van der Waals surface area contributed by atoms with Gasteiger partial charge in [-0.3, -0.25) is 9.69 Å². The van der Waals surface area contributed by atoms with E-state index in [-0.39, 0.29) is 5.97 Å². The molecule has 0 aromatic carbocycles. The second-order valence-corrected chi connectivity index (χ2v) is 5.67. The van der Waals surface area contributed by atoms with Crippen LogP contribution in [0.5, 0.6) is 0 Å². The highest BCUT2D eigenvalue weighted by Crippen LogP contribution is 2.26. The van der Waals surface area contributed by atoms with Crippen molar-refractivity contribution in [3.63, 3.8) is 0 Å². The summed E-state index contributed by atoms with van der Waals surface area (Å²) in [6.07, 6.45) is 0. The topological polar surface area (TPSA) is 42.4 Å². The number of hydrogen-bond acceptors (Lipinski definition) is 6. The van der Waals surface area contributed by atoms with Crippen molar-refractivity contribution in [2.24, 2.45) is 0 Å². The van der Waals surface area contributed by atoms with Gasteiger partial charge < -0.3 is 4.74 Å². The van der Waals surface area contributed by atoms with Gasteiger partial charge in [-0.2, -0.15) is 11.3 Å². The Kier molecular flexibility index (Phi) is 5.07. The molecule has 0 aliphatic heterocycles. The maximum Gasteiger partial charge on any atom is 0.319 e. The summed E-state index contributed by atoms with van der Waals surface area (Å²) in [5.41, 5.74) is 2.16. The Morgan fingerprint density at radius 3 is 2.95 bits per heavy atom. The van der Waals surface area contributed by atoms with Crippen LogP contribution in [0.25, 0.3) is 10.6 Å². The Morgan fingerprint density at radius 2 is 2.32 bits per heavy atom. The van der Waals surface area contributed by atoms with Crippen molar-refractivity contribution >= 4 is 28.6 Å². The van der Waals surface area contributed by atoms with Crippen LogP contribution in [0, 0.1) is 0 Å². The number of thiophene rings is 1. The van der Waals surface area contributed by atoms with Crippen molar-refractivity contribution in [3.8, 4) is 10.6 Å². The second-order valence-electron chi connectivity index (χ2n) is 4.04. The molecular weight excluding hydrogens is 280 g/mol. The van der Waals surface area contributed by atoms with Gasteiger partial charge in [-0.05, 0) is 18.0 Å². The first-order chi connectivity index (χ1) is 9.22. The number of thiazole rings is 1. The fraction of sp³-hybridized carbons (Fsp3) is 0.385. The van der Waals surface area contributed by atoms with Gasteiger partial charge in [-0.15, -0.1) is 11.3 Å². The third kappa shape index (κ3) is 3.86. The first-order valence-electron chi connectivity index (χ1n) is 5.99. The molecule has 2 heterocycles. The Labute approximate surface area is 120 Å². The number of likely N-dealkylation sites (N-methyl/N-ethyl adjacent to an activating group) is 1. The Bertz CT molecular complexity index is 522. The van der Waals surface area contributed by atoms with E-state index < -0.39 is 0 Å². The van der Waals surface area contributed by atoms with Crippen LogP contribution in [-0.2, 0) is 16.1 Å². The molecule has 6 heteroatoms. The van der Waals surface area contributed by atoms with Crippen LogP contribution in [0.4, 0.5) is 0 Å². The monoisotopic (exact) mass is 296 g/mol. The third-order valence-electron chi connectivity index (χ3n) is 2.73. The van der Waals surface area contributed by atoms with Gasteiger partial charge in [0, 0.05) is 22.9 Å². The summed E-state index contributed by atoms with van der Waals surface area (Å²) in [5, 5.41) is 7.22. The third-order valence-corrected chi connectivity index (χ3v) is 4.36. The highest BCUT2D eigenvalue weighted by Gasteiger charge is 2.12. The summed E-state index contributed by atoms with van der Waals surface area (Å²) in [6, 6.07) is 2.07. The predicted molar refractivity (Wildman–Crippen MR) is 78.4 cm³/mol. The Balaban J connectivity index is 2.00. The molecule has 0 fully saturated rings. The molecule has 0 N–H and O–H groups in total. The van der Waals surface area contributed by atoms with E-state index >= 15 is 0 Å². The van der Waals surface area contributed by atoms with Crippen molar-refractivity contribution in [1.82, 2.24) is 9.88 Å². The number of carbonyl (C=O) groups excluding carboxylic acids is 1. The van der Waals surface area contributed by atoms with Gasteiger partial charge in [0.2, 0.25) is 0 Å². The summed E-state index contributed by atoms with van der Waals surface area (Å²) in [6.45, 7) is 3.79. The van der Waals surface area contributed by atoms with E-state index in [1.807, 2.05) is 22.6 Å². The molecule has 0 aliphatic carbocycles. The molecule has 0 radical (unpaired) electrons. The summed E-state index contributed by atoms with van der Waals surface area (Å²) in [7, 11) is 1.41. The van der Waals surface area contributed by atoms with Gasteiger partial charge in [0.05, 0.1) is 19.3 Å². The zero-order valence-electron chi connectivity index (χ0n) is 11.0. The zero-order chi connectivity index (χ0) is 13.7. The molecule has 2 rings (SSSR count). The number of methoxy groups -OCH3 is 1. The van der Waals surface area contributed by atoms with Crippen molar-refractivity contribution in [3.05, 3.63) is 27.9 Å². The molecule has 4 nitrogen and oxygen atoms in total. The van der Waals surface area contributed by atoms with E-state index in [9.17, 15) is 4.79 Å². The van der Waals surface area contributed by atoms with E-state index in [0.717, 1.165) is 22.8 Å². The molecule has 19 heavy (non-hydrogen) atoms. The van der Waals surface area contributed by atoms with Crippen molar-refractivity contribution in [2.75, 3.05) is 20.2 Å². The number of esters is 1. The lowest BCUT2D eigenvalue weighted by atomic mass is 10.3. The highest BCUT2D eigenvalue weighted by molar-refractivity contribution is 7.14. The van der Waals surface area contributed by atoms with Gasteiger partial charge in [-0.25, -0.2) is 4.98 Å².